The second kappa shape index (κ2) is 6.11. The molecule has 0 atom stereocenters. The fourth-order valence-electron chi connectivity index (χ4n) is 2.59. The molecule has 6 heteroatoms. The van der Waals surface area contributed by atoms with Crippen molar-refractivity contribution in [1.29, 1.82) is 0 Å². The second-order valence-electron chi connectivity index (χ2n) is 5.07. The SMILES string of the molecule is C=CCn1c(=O)c2c(nc(C)n2CC)n(CCCC)c1=O. The molecule has 0 radical (unpaired) electrons. The van der Waals surface area contributed by atoms with E-state index in [0.29, 0.717) is 24.3 Å². The summed E-state index contributed by atoms with van der Waals surface area (Å²) in [7, 11) is 0. The first-order chi connectivity index (χ1) is 10.1. The molecule has 0 aliphatic rings. The van der Waals surface area contributed by atoms with E-state index < -0.39 is 0 Å². The maximum Gasteiger partial charge on any atom is 0.333 e. The van der Waals surface area contributed by atoms with Crippen LogP contribution in [0, 0.1) is 6.92 Å². The molecule has 2 heterocycles. The number of nitrogens with zero attached hydrogens (tertiary/aromatic N) is 4. The number of aromatic nitrogens is 4. The predicted molar refractivity (Wildman–Crippen MR) is 83.8 cm³/mol. The van der Waals surface area contributed by atoms with E-state index in [2.05, 4.69) is 18.5 Å². The molecule has 0 fully saturated rings. The number of aryl methyl sites for hydroxylation is 3. The first kappa shape index (κ1) is 15.3. The van der Waals surface area contributed by atoms with Gasteiger partial charge in [-0.15, -0.1) is 6.58 Å². The zero-order valence-corrected chi connectivity index (χ0v) is 12.9. The minimum absolute atomic E-state index is 0.216. The van der Waals surface area contributed by atoms with Crippen LogP contribution >= 0.6 is 0 Å². The molecule has 0 bridgehead atoms. The minimum Gasteiger partial charge on any atom is -0.323 e. The molecule has 0 aromatic carbocycles. The predicted octanol–water partition coefficient (Wildman–Crippen LogP) is 1.67. The van der Waals surface area contributed by atoms with Crippen LogP contribution in [0.25, 0.3) is 11.2 Å². The molecule has 0 N–H and O–H groups in total. The number of hydrogen-bond acceptors (Lipinski definition) is 3. The fourth-order valence-corrected chi connectivity index (χ4v) is 2.59. The topological polar surface area (TPSA) is 61.8 Å². The standard InChI is InChI=1S/C15H22N4O2/c1-5-8-10-18-13-12(17(7-3)11(4)16-13)14(20)19(9-6-2)15(18)21/h6H,2,5,7-10H2,1,3-4H3. The van der Waals surface area contributed by atoms with Gasteiger partial charge < -0.3 is 4.57 Å². The van der Waals surface area contributed by atoms with E-state index in [1.165, 1.54) is 4.57 Å². The monoisotopic (exact) mass is 290 g/mol. The highest BCUT2D eigenvalue weighted by atomic mass is 16.2. The Labute approximate surface area is 123 Å². The average Bonchev–Trinajstić information content (AvgIpc) is 2.80. The maximum absolute atomic E-state index is 12.6. The molecule has 6 nitrogen and oxygen atoms in total. The first-order valence-corrected chi connectivity index (χ1v) is 7.38. The van der Waals surface area contributed by atoms with Gasteiger partial charge in [-0.05, 0) is 20.3 Å². The van der Waals surface area contributed by atoms with Crippen LogP contribution in [0.15, 0.2) is 22.2 Å². The Hall–Kier alpha value is -2.11. The largest absolute Gasteiger partial charge is 0.333 e. The quantitative estimate of drug-likeness (QED) is 0.760. The van der Waals surface area contributed by atoms with Crippen molar-refractivity contribution in [2.45, 2.75) is 53.2 Å². The van der Waals surface area contributed by atoms with Crippen LogP contribution in [0.1, 0.15) is 32.5 Å². The van der Waals surface area contributed by atoms with Gasteiger partial charge in [-0.2, -0.15) is 0 Å². The number of unbranched alkanes of at least 4 members (excludes halogenated alkanes) is 1. The number of allylic oxidation sites excluding steroid dienone is 1. The summed E-state index contributed by atoms with van der Waals surface area (Å²) in [5, 5.41) is 0. The Morgan fingerprint density at radius 1 is 1.19 bits per heavy atom. The third-order valence-electron chi connectivity index (χ3n) is 3.67. The highest BCUT2D eigenvalue weighted by molar-refractivity contribution is 5.71. The zero-order valence-electron chi connectivity index (χ0n) is 12.9. The van der Waals surface area contributed by atoms with Crippen molar-refractivity contribution in [3.8, 4) is 0 Å². The molecule has 0 unspecified atom stereocenters. The third-order valence-corrected chi connectivity index (χ3v) is 3.67. The summed E-state index contributed by atoms with van der Waals surface area (Å²) in [6.07, 6.45) is 3.42. The van der Waals surface area contributed by atoms with Crippen molar-refractivity contribution >= 4 is 11.2 Å². The van der Waals surface area contributed by atoms with E-state index >= 15 is 0 Å². The normalized spacial score (nSPS) is 11.2. The van der Waals surface area contributed by atoms with Gasteiger partial charge in [0.05, 0.1) is 0 Å². The van der Waals surface area contributed by atoms with Gasteiger partial charge in [0.15, 0.2) is 11.2 Å². The summed E-state index contributed by atoms with van der Waals surface area (Å²) in [5.41, 5.74) is 0.414. The van der Waals surface area contributed by atoms with Gasteiger partial charge in [-0.3, -0.25) is 13.9 Å². The van der Waals surface area contributed by atoms with Crippen molar-refractivity contribution in [2.24, 2.45) is 0 Å². The van der Waals surface area contributed by atoms with E-state index in [-0.39, 0.29) is 17.8 Å². The molecule has 2 aromatic heterocycles. The summed E-state index contributed by atoms with van der Waals surface area (Å²) < 4.78 is 4.71. The van der Waals surface area contributed by atoms with E-state index in [4.69, 9.17) is 0 Å². The number of imidazole rings is 1. The molecule has 21 heavy (non-hydrogen) atoms. The van der Waals surface area contributed by atoms with E-state index in [0.717, 1.165) is 18.7 Å². The molecule has 114 valence electrons. The van der Waals surface area contributed by atoms with Gasteiger partial charge in [0.2, 0.25) is 0 Å². The van der Waals surface area contributed by atoms with Gasteiger partial charge in [0.25, 0.3) is 5.56 Å². The fraction of sp³-hybridized carbons (Fsp3) is 0.533. The summed E-state index contributed by atoms with van der Waals surface area (Å²) >= 11 is 0. The van der Waals surface area contributed by atoms with Gasteiger partial charge >= 0.3 is 5.69 Å². The van der Waals surface area contributed by atoms with Crippen molar-refractivity contribution in [3.05, 3.63) is 39.3 Å². The van der Waals surface area contributed by atoms with E-state index in [9.17, 15) is 9.59 Å². The van der Waals surface area contributed by atoms with Crippen molar-refractivity contribution < 1.29 is 0 Å². The third kappa shape index (κ3) is 2.46. The van der Waals surface area contributed by atoms with Crippen LogP contribution in [0.3, 0.4) is 0 Å². The molecule has 0 saturated carbocycles. The molecule has 0 aliphatic carbocycles. The first-order valence-electron chi connectivity index (χ1n) is 7.38. The van der Waals surface area contributed by atoms with Gasteiger partial charge in [-0.1, -0.05) is 19.4 Å². The highest BCUT2D eigenvalue weighted by Crippen LogP contribution is 2.11. The maximum atomic E-state index is 12.6. The average molecular weight is 290 g/mol. The molecular weight excluding hydrogens is 268 g/mol. The lowest BCUT2D eigenvalue weighted by atomic mass is 10.3. The molecule has 0 amide bonds. The van der Waals surface area contributed by atoms with Crippen molar-refractivity contribution in [1.82, 2.24) is 18.7 Å². The smallest absolute Gasteiger partial charge is 0.323 e. The Balaban J connectivity index is 2.89. The molecule has 0 spiro atoms. The van der Waals surface area contributed by atoms with Crippen LogP contribution < -0.4 is 11.2 Å². The van der Waals surface area contributed by atoms with Crippen LogP contribution in [0.5, 0.6) is 0 Å². The summed E-state index contributed by atoms with van der Waals surface area (Å²) in [6.45, 7) is 11.0. The molecule has 0 aliphatic heterocycles. The van der Waals surface area contributed by atoms with Gasteiger partial charge in [-0.25, -0.2) is 9.78 Å². The Bertz CT molecular complexity index is 780. The number of fused-ring (bicyclic) bond motifs is 1. The van der Waals surface area contributed by atoms with Gasteiger partial charge in [0, 0.05) is 19.6 Å². The second-order valence-corrected chi connectivity index (χ2v) is 5.07. The van der Waals surface area contributed by atoms with Crippen LogP contribution in [-0.4, -0.2) is 18.7 Å². The molecule has 0 saturated heterocycles. The minimum atomic E-state index is -0.304. The lowest BCUT2D eigenvalue weighted by Gasteiger charge is -2.10. The zero-order chi connectivity index (χ0) is 15.6. The van der Waals surface area contributed by atoms with E-state index in [1.807, 2.05) is 18.4 Å². The molecular formula is C15H22N4O2. The lowest BCUT2D eigenvalue weighted by molar-refractivity contribution is 0.571. The number of hydrogen-bond donors (Lipinski definition) is 0. The van der Waals surface area contributed by atoms with Gasteiger partial charge in [0.1, 0.15) is 5.82 Å². The Morgan fingerprint density at radius 3 is 2.48 bits per heavy atom. The number of rotatable bonds is 6. The van der Waals surface area contributed by atoms with Crippen molar-refractivity contribution in [3.63, 3.8) is 0 Å². The molecule has 2 aromatic rings. The van der Waals surface area contributed by atoms with Crippen molar-refractivity contribution in [2.75, 3.05) is 0 Å². The summed E-state index contributed by atoms with van der Waals surface area (Å²) in [5.74, 6) is 0.755. The van der Waals surface area contributed by atoms with Crippen LogP contribution in [0.4, 0.5) is 0 Å². The van der Waals surface area contributed by atoms with Crippen LogP contribution in [0.2, 0.25) is 0 Å². The van der Waals surface area contributed by atoms with E-state index in [1.54, 1.807) is 10.6 Å². The molecule has 2 rings (SSSR count). The highest BCUT2D eigenvalue weighted by Gasteiger charge is 2.18. The van der Waals surface area contributed by atoms with Crippen LogP contribution in [-0.2, 0) is 19.6 Å². The lowest BCUT2D eigenvalue weighted by Crippen LogP contribution is -2.40. The Morgan fingerprint density at radius 2 is 1.90 bits per heavy atom. The summed E-state index contributed by atoms with van der Waals surface area (Å²) in [4.78, 5) is 29.6. The summed E-state index contributed by atoms with van der Waals surface area (Å²) in [6, 6.07) is 0. The Kier molecular flexibility index (Phi) is 4.45.